The SMILES string of the molecule is Fc1ccc(CN2CCN(Cc3cccc(Cl)c3)CC2)cc1.O=C(O)C(=O)O. The molecule has 150 valence electrons. The Labute approximate surface area is 167 Å². The summed E-state index contributed by atoms with van der Waals surface area (Å²) in [6, 6.07) is 14.9. The van der Waals surface area contributed by atoms with Crippen molar-refractivity contribution in [2.24, 2.45) is 0 Å². The van der Waals surface area contributed by atoms with Crippen molar-refractivity contribution in [2.75, 3.05) is 26.2 Å². The Morgan fingerprint density at radius 3 is 1.82 bits per heavy atom. The lowest BCUT2D eigenvalue weighted by molar-refractivity contribution is -0.159. The van der Waals surface area contributed by atoms with Gasteiger partial charge in [0.2, 0.25) is 0 Å². The summed E-state index contributed by atoms with van der Waals surface area (Å²) in [5.74, 6) is -3.82. The molecule has 1 heterocycles. The molecule has 1 aliphatic heterocycles. The zero-order valence-corrected chi connectivity index (χ0v) is 16.0. The number of nitrogens with zero attached hydrogens (tertiary/aromatic N) is 2. The molecule has 0 bridgehead atoms. The Kier molecular flexibility index (Phi) is 8.38. The summed E-state index contributed by atoms with van der Waals surface area (Å²) in [6.07, 6.45) is 0. The van der Waals surface area contributed by atoms with E-state index in [1.807, 2.05) is 30.3 Å². The van der Waals surface area contributed by atoms with Gasteiger partial charge in [0.25, 0.3) is 0 Å². The standard InChI is InChI=1S/C18H20ClFN2.C2H2O4/c19-17-3-1-2-16(12-17)14-22-10-8-21(9-11-22)13-15-4-6-18(20)7-5-15;3-1(4)2(5)6/h1-7,12H,8-11,13-14H2;(H,3,4)(H,5,6). The number of carboxylic acids is 2. The maximum atomic E-state index is 12.9. The van der Waals surface area contributed by atoms with Gasteiger partial charge in [0.05, 0.1) is 0 Å². The molecule has 1 aliphatic rings. The molecule has 0 aromatic heterocycles. The monoisotopic (exact) mass is 408 g/mol. The quantitative estimate of drug-likeness (QED) is 0.757. The van der Waals surface area contributed by atoms with Gasteiger partial charge in [-0.15, -0.1) is 0 Å². The van der Waals surface area contributed by atoms with Crippen molar-refractivity contribution in [1.29, 1.82) is 0 Å². The van der Waals surface area contributed by atoms with E-state index in [4.69, 9.17) is 31.4 Å². The lowest BCUT2D eigenvalue weighted by atomic mass is 10.1. The first kappa shape index (κ1) is 21.8. The topological polar surface area (TPSA) is 81.1 Å². The molecule has 0 spiro atoms. The molecule has 0 amide bonds. The number of carboxylic acid groups (broad SMARTS) is 2. The van der Waals surface area contributed by atoms with E-state index in [-0.39, 0.29) is 5.82 Å². The van der Waals surface area contributed by atoms with Gasteiger partial charge in [-0.05, 0) is 35.4 Å². The van der Waals surface area contributed by atoms with Crippen molar-refractivity contribution in [3.63, 3.8) is 0 Å². The van der Waals surface area contributed by atoms with Crippen LogP contribution in [0.5, 0.6) is 0 Å². The van der Waals surface area contributed by atoms with E-state index in [9.17, 15) is 4.39 Å². The fourth-order valence-electron chi connectivity index (χ4n) is 2.85. The van der Waals surface area contributed by atoms with Crippen LogP contribution in [0, 0.1) is 5.82 Å². The van der Waals surface area contributed by atoms with Gasteiger partial charge in [0.15, 0.2) is 0 Å². The average Bonchev–Trinajstić information content (AvgIpc) is 2.66. The summed E-state index contributed by atoms with van der Waals surface area (Å²) >= 11 is 6.03. The second-order valence-corrected chi connectivity index (χ2v) is 6.86. The highest BCUT2D eigenvalue weighted by Crippen LogP contribution is 2.15. The molecular weight excluding hydrogens is 387 g/mol. The van der Waals surface area contributed by atoms with Crippen LogP contribution < -0.4 is 0 Å². The van der Waals surface area contributed by atoms with Gasteiger partial charge in [-0.2, -0.15) is 0 Å². The highest BCUT2D eigenvalue weighted by molar-refractivity contribution is 6.30. The molecular formula is C20H22ClFN2O4. The van der Waals surface area contributed by atoms with Crippen molar-refractivity contribution < 1.29 is 24.2 Å². The molecule has 0 radical (unpaired) electrons. The van der Waals surface area contributed by atoms with Gasteiger partial charge >= 0.3 is 11.9 Å². The van der Waals surface area contributed by atoms with E-state index in [0.29, 0.717) is 0 Å². The number of halogens is 2. The number of aliphatic carboxylic acids is 2. The Morgan fingerprint density at radius 1 is 0.857 bits per heavy atom. The van der Waals surface area contributed by atoms with Crippen molar-refractivity contribution in [1.82, 2.24) is 9.80 Å². The predicted molar refractivity (Wildman–Crippen MR) is 104 cm³/mol. The fraction of sp³-hybridized carbons (Fsp3) is 0.300. The van der Waals surface area contributed by atoms with Crippen LogP contribution in [0.2, 0.25) is 5.02 Å². The molecule has 0 atom stereocenters. The number of hydrogen-bond acceptors (Lipinski definition) is 4. The van der Waals surface area contributed by atoms with Gasteiger partial charge in [0.1, 0.15) is 5.82 Å². The van der Waals surface area contributed by atoms with Crippen LogP contribution in [-0.4, -0.2) is 58.1 Å². The third kappa shape index (κ3) is 7.64. The smallest absolute Gasteiger partial charge is 0.414 e. The van der Waals surface area contributed by atoms with E-state index < -0.39 is 11.9 Å². The zero-order chi connectivity index (χ0) is 20.5. The highest BCUT2D eigenvalue weighted by atomic mass is 35.5. The lowest BCUT2D eigenvalue weighted by Crippen LogP contribution is -2.45. The Bertz CT molecular complexity index is 781. The van der Waals surface area contributed by atoms with E-state index in [0.717, 1.165) is 44.3 Å². The summed E-state index contributed by atoms with van der Waals surface area (Å²) in [5, 5.41) is 15.6. The molecule has 3 rings (SSSR count). The summed E-state index contributed by atoms with van der Waals surface area (Å²) in [4.78, 5) is 23.1. The minimum absolute atomic E-state index is 0.171. The van der Waals surface area contributed by atoms with Crippen molar-refractivity contribution in [2.45, 2.75) is 13.1 Å². The molecule has 0 saturated carbocycles. The molecule has 2 N–H and O–H groups in total. The molecule has 1 fully saturated rings. The number of piperazine rings is 1. The number of rotatable bonds is 4. The van der Waals surface area contributed by atoms with Gasteiger partial charge in [-0.3, -0.25) is 9.80 Å². The largest absolute Gasteiger partial charge is 0.473 e. The summed E-state index contributed by atoms with van der Waals surface area (Å²) in [7, 11) is 0. The van der Waals surface area contributed by atoms with Gasteiger partial charge in [-0.1, -0.05) is 35.9 Å². The molecule has 2 aromatic carbocycles. The van der Waals surface area contributed by atoms with Gasteiger partial charge in [0, 0.05) is 44.3 Å². The third-order valence-corrected chi connectivity index (χ3v) is 4.50. The van der Waals surface area contributed by atoms with E-state index >= 15 is 0 Å². The van der Waals surface area contributed by atoms with E-state index in [1.165, 1.54) is 23.3 Å². The first-order valence-electron chi connectivity index (χ1n) is 8.73. The van der Waals surface area contributed by atoms with Crippen LogP contribution in [0.4, 0.5) is 4.39 Å². The molecule has 0 unspecified atom stereocenters. The van der Waals surface area contributed by atoms with Crippen molar-refractivity contribution in [3.05, 3.63) is 70.5 Å². The van der Waals surface area contributed by atoms with Crippen LogP contribution in [-0.2, 0) is 22.7 Å². The van der Waals surface area contributed by atoms with Crippen LogP contribution in [0.3, 0.4) is 0 Å². The molecule has 2 aromatic rings. The molecule has 28 heavy (non-hydrogen) atoms. The van der Waals surface area contributed by atoms with E-state index in [1.54, 1.807) is 0 Å². The average molecular weight is 409 g/mol. The Hall–Kier alpha value is -2.48. The Morgan fingerprint density at radius 2 is 1.36 bits per heavy atom. The first-order valence-corrected chi connectivity index (χ1v) is 9.11. The van der Waals surface area contributed by atoms with Crippen LogP contribution in [0.15, 0.2) is 48.5 Å². The fourth-order valence-corrected chi connectivity index (χ4v) is 3.06. The maximum Gasteiger partial charge on any atom is 0.414 e. The number of carbonyl (C=O) groups is 2. The molecule has 0 aliphatic carbocycles. The van der Waals surface area contributed by atoms with Crippen LogP contribution >= 0.6 is 11.6 Å². The number of benzene rings is 2. The summed E-state index contributed by atoms with van der Waals surface area (Å²) in [5.41, 5.74) is 2.43. The Balaban J connectivity index is 0.000000409. The zero-order valence-electron chi connectivity index (χ0n) is 15.2. The summed E-state index contributed by atoms with van der Waals surface area (Å²) < 4.78 is 12.9. The third-order valence-electron chi connectivity index (χ3n) is 4.26. The second kappa shape index (κ2) is 10.8. The highest BCUT2D eigenvalue weighted by Gasteiger charge is 2.17. The lowest BCUT2D eigenvalue weighted by Gasteiger charge is -2.34. The van der Waals surface area contributed by atoms with Crippen LogP contribution in [0.25, 0.3) is 0 Å². The molecule has 8 heteroatoms. The van der Waals surface area contributed by atoms with Crippen LogP contribution in [0.1, 0.15) is 11.1 Å². The second-order valence-electron chi connectivity index (χ2n) is 6.42. The summed E-state index contributed by atoms with van der Waals surface area (Å²) in [6.45, 7) is 6.02. The minimum atomic E-state index is -1.82. The van der Waals surface area contributed by atoms with E-state index in [2.05, 4.69) is 15.9 Å². The normalized spacial score (nSPS) is 14.8. The predicted octanol–water partition coefficient (Wildman–Crippen LogP) is 2.95. The molecule has 6 nitrogen and oxygen atoms in total. The van der Waals surface area contributed by atoms with Crippen molar-refractivity contribution >= 4 is 23.5 Å². The molecule has 1 saturated heterocycles. The minimum Gasteiger partial charge on any atom is -0.473 e. The first-order chi connectivity index (χ1) is 13.3. The van der Waals surface area contributed by atoms with Crippen molar-refractivity contribution in [3.8, 4) is 0 Å². The number of hydrogen-bond donors (Lipinski definition) is 2. The maximum absolute atomic E-state index is 12.9. The van der Waals surface area contributed by atoms with Gasteiger partial charge < -0.3 is 10.2 Å². The van der Waals surface area contributed by atoms with Gasteiger partial charge in [-0.25, -0.2) is 14.0 Å².